The lowest BCUT2D eigenvalue weighted by Crippen LogP contribution is -2.47. The molecule has 2 aromatic heterocycles. The molecule has 0 saturated carbocycles. The van der Waals surface area contributed by atoms with Gasteiger partial charge in [-0.3, -0.25) is 14.3 Å². The predicted octanol–water partition coefficient (Wildman–Crippen LogP) is 3.43. The van der Waals surface area contributed by atoms with Crippen molar-refractivity contribution in [3.63, 3.8) is 0 Å². The van der Waals surface area contributed by atoms with E-state index in [4.69, 9.17) is 4.52 Å². The second-order valence-electron chi connectivity index (χ2n) is 9.04. The van der Waals surface area contributed by atoms with Crippen molar-refractivity contribution in [2.45, 2.75) is 52.1 Å². The number of benzene rings is 1. The molecule has 0 radical (unpaired) electrons. The van der Waals surface area contributed by atoms with Crippen LogP contribution in [0.15, 0.2) is 47.1 Å². The molecule has 0 spiro atoms. The van der Waals surface area contributed by atoms with Crippen molar-refractivity contribution in [2.24, 2.45) is 13.0 Å². The van der Waals surface area contributed by atoms with Crippen LogP contribution in [0.4, 0.5) is 0 Å². The quantitative estimate of drug-likeness (QED) is 0.597. The van der Waals surface area contributed by atoms with Gasteiger partial charge in [-0.2, -0.15) is 5.10 Å². The summed E-state index contributed by atoms with van der Waals surface area (Å²) < 4.78 is 7.24. The lowest BCUT2D eigenvalue weighted by molar-refractivity contribution is -0.140. The van der Waals surface area contributed by atoms with Crippen molar-refractivity contribution in [3.05, 3.63) is 59.6 Å². The SMILES string of the molecule is Cc1cc(C(C(=O)N2CCCC2C(=O)NCc2ccc(-c3ccnn3C)cc2)C(C)C)on1. The molecule has 8 nitrogen and oxygen atoms in total. The van der Waals surface area contributed by atoms with Crippen LogP contribution in [0.2, 0.25) is 0 Å². The third-order valence-electron chi connectivity index (χ3n) is 6.26. The van der Waals surface area contributed by atoms with Crippen molar-refractivity contribution >= 4 is 11.8 Å². The highest BCUT2D eigenvalue weighted by molar-refractivity contribution is 5.91. The van der Waals surface area contributed by atoms with Gasteiger partial charge in [-0.05, 0) is 42.9 Å². The third-order valence-corrected chi connectivity index (χ3v) is 6.26. The summed E-state index contributed by atoms with van der Waals surface area (Å²) >= 11 is 0. The van der Waals surface area contributed by atoms with E-state index in [1.807, 2.05) is 68.9 Å². The van der Waals surface area contributed by atoms with Crippen LogP contribution in [0.5, 0.6) is 0 Å². The maximum atomic E-state index is 13.4. The first-order valence-electron chi connectivity index (χ1n) is 11.4. The summed E-state index contributed by atoms with van der Waals surface area (Å²) in [6.07, 6.45) is 3.24. The van der Waals surface area contributed by atoms with Gasteiger partial charge in [0.1, 0.15) is 17.7 Å². The molecule has 1 aliphatic heterocycles. The van der Waals surface area contributed by atoms with Crippen LogP contribution in [-0.2, 0) is 23.2 Å². The molecule has 1 aromatic carbocycles. The highest BCUT2D eigenvalue weighted by Gasteiger charge is 2.39. The molecule has 0 aliphatic carbocycles. The second-order valence-corrected chi connectivity index (χ2v) is 9.04. The van der Waals surface area contributed by atoms with Crippen LogP contribution in [0, 0.1) is 12.8 Å². The highest BCUT2D eigenvalue weighted by Crippen LogP contribution is 2.31. The molecule has 4 rings (SSSR count). The van der Waals surface area contributed by atoms with Crippen molar-refractivity contribution in [3.8, 4) is 11.3 Å². The van der Waals surface area contributed by atoms with E-state index < -0.39 is 12.0 Å². The van der Waals surface area contributed by atoms with Gasteiger partial charge in [0.2, 0.25) is 11.8 Å². The summed E-state index contributed by atoms with van der Waals surface area (Å²) in [5, 5.41) is 11.2. The van der Waals surface area contributed by atoms with E-state index in [1.54, 1.807) is 11.1 Å². The number of aryl methyl sites for hydroxylation is 2. The summed E-state index contributed by atoms with van der Waals surface area (Å²) in [7, 11) is 1.91. The molecule has 1 saturated heterocycles. The Hall–Kier alpha value is -3.42. The van der Waals surface area contributed by atoms with Gasteiger partial charge in [0.25, 0.3) is 0 Å². The molecule has 174 valence electrons. The highest BCUT2D eigenvalue weighted by atomic mass is 16.5. The van der Waals surface area contributed by atoms with Gasteiger partial charge >= 0.3 is 0 Å². The first-order chi connectivity index (χ1) is 15.8. The average Bonchev–Trinajstić information content (AvgIpc) is 3.53. The van der Waals surface area contributed by atoms with Crippen LogP contribution in [0.3, 0.4) is 0 Å². The van der Waals surface area contributed by atoms with Crippen LogP contribution < -0.4 is 5.32 Å². The molecule has 3 heterocycles. The molecule has 1 fully saturated rings. The monoisotopic (exact) mass is 449 g/mol. The Bertz CT molecular complexity index is 1120. The lowest BCUT2D eigenvalue weighted by atomic mass is 9.91. The number of likely N-dealkylation sites (tertiary alicyclic amines) is 1. The maximum Gasteiger partial charge on any atom is 0.243 e. The number of carbonyl (C=O) groups is 2. The van der Waals surface area contributed by atoms with Gasteiger partial charge in [0.15, 0.2) is 0 Å². The zero-order chi connectivity index (χ0) is 23.5. The molecule has 3 aromatic rings. The Kier molecular flexibility index (Phi) is 6.62. The van der Waals surface area contributed by atoms with E-state index in [9.17, 15) is 9.59 Å². The molecule has 2 atom stereocenters. The number of aromatic nitrogens is 3. The summed E-state index contributed by atoms with van der Waals surface area (Å²) in [4.78, 5) is 28.1. The predicted molar refractivity (Wildman–Crippen MR) is 124 cm³/mol. The zero-order valence-corrected chi connectivity index (χ0v) is 19.6. The van der Waals surface area contributed by atoms with Crippen LogP contribution in [-0.4, -0.2) is 44.2 Å². The van der Waals surface area contributed by atoms with Crippen molar-refractivity contribution in [2.75, 3.05) is 6.54 Å². The fourth-order valence-corrected chi connectivity index (χ4v) is 4.50. The van der Waals surface area contributed by atoms with Crippen molar-refractivity contribution in [1.29, 1.82) is 0 Å². The van der Waals surface area contributed by atoms with Gasteiger partial charge in [-0.1, -0.05) is 43.3 Å². The number of nitrogens with one attached hydrogen (secondary N) is 1. The van der Waals surface area contributed by atoms with Crippen LogP contribution >= 0.6 is 0 Å². The van der Waals surface area contributed by atoms with E-state index in [1.165, 1.54) is 0 Å². The molecular formula is C25H31N5O3. The van der Waals surface area contributed by atoms with Gasteiger partial charge < -0.3 is 14.7 Å². The minimum absolute atomic E-state index is 0.0344. The largest absolute Gasteiger partial charge is 0.360 e. The molecule has 2 amide bonds. The number of hydrogen-bond acceptors (Lipinski definition) is 5. The Morgan fingerprint density at radius 3 is 2.58 bits per heavy atom. The molecular weight excluding hydrogens is 418 g/mol. The van der Waals surface area contributed by atoms with Crippen LogP contribution in [0.25, 0.3) is 11.3 Å². The standard InChI is InChI=1S/C25H31N5O3/c1-16(2)23(22-14-17(3)28-33-22)25(32)30-13-5-6-21(30)24(31)26-15-18-7-9-19(10-8-18)20-11-12-27-29(20)4/h7-12,14,16,21,23H,5-6,13,15H2,1-4H3,(H,26,31). The number of nitrogens with zero attached hydrogens (tertiary/aromatic N) is 4. The topological polar surface area (TPSA) is 93.3 Å². The first kappa shape index (κ1) is 22.8. The van der Waals surface area contributed by atoms with Gasteiger partial charge in [0.05, 0.1) is 11.4 Å². The smallest absolute Gasteiger partial charge is 0.243 e. The van der Waals surface area contributed by atoms with E-state index >= 15 is 0 Å². The summed E-state index contributed by atoms with van der Waals surface area (Å²) in [5.74, 6) is -0.0366. The maximum absolute atomic E-state index is 13.4. The summed E-state index contributed by atoms with van der Waals surface area (Å²) in [6.45, 7) is 6.80. The average molecular weight is 450 g/mol. The molecule has 8 heteroatoms. The Labute approximate surface area is 193 Å². The Balaban J connectivity index is 1.40. The summed E-state index contributed by atoms with van der Waals surface area (Å²) in [5.41, 5.74) is 3.85. The fourth-order valence-electron chi connectivity index (χ4n) is 4.50. The summed E-state index contributed by atoms with van der Waals surface area (Å²) in [6, 6.07) is 11.4. The van der Waals surface area contributed by atoms with E-state index in [2.05, 4.69) is 15.6 Å². The van der Waals surface area contributed by atoms with Gasteiger partial charge in [-0.15, -0.1) is 0 Å². The first-order valence-corrected chi connectivity index (χ1v) is 11.4. The van der Waals surface area contributed by atoms with Crippen LogP contribution in [0.1, 0.15) is 49.6 Å². The second kappa shape index (κ2) is 9.60. The van der Waals surface area contributed by atoms with Crippen molar-refractivity contribution < 1.29 is 14.1 Å². The van der Waals surface area contributed by atoms with E-state index in [0.717, 1.165) is 28.9 Å². The number of hydrogen-bond donors (Lipinski definition) is 1. The minimum Gasteiger partial charge on any atom is -0.360 e. The van der Waals surface area contributed by atoms with Crippen molar-refractivity contribution in [1.82, 2.24) is 25.2 Å². The number of rotatable bonds is 7. The normalized spacial score (nSPS) is 16.9. The number of amides is 2. The van der Waals surface area contributed by atoms with E-state index in [0.29, 0.717) is 25.3 Å². The Morgan fingerprint density at radius 2 is 1.97 bits per heavy atom. The van der Waals surface area contributed by atoms with Gasteiger partial charge in [-0.25, -0.2) is 0 Å². The molecule has 1 N–H and O–H groups in total. The molecule has 1 aliphatic rings. The zero-order valence-electron chi connectivity index (χ0n) is 19.6. The fraction of sp³-hybridized carbons (Fsp3) is 0.440. The van der Waals surface area contributed by atoms with E-state index in [-0.39, 0.29) is 17.7 Å². The lowest BCUT2D eigenvalue weighted by Gasteiger charge is -2.28. The molecule has 0 bridgehead atoms. The number of carbonyl (C=O) groups excluding carboxylic acids is 2. The molecule has 33 heavy (non-hydrogen) atoms. The Morgan fingerprint density at radius 1 is 1.21 bits per heavy atom. The third kappa shape index (κ3) is 4.84. The van der Waals surface area contributed by atoms with Gasteiger partial charge in [0, 0.05) is 32.4 Å². The molecule has 2 unspecified atom stereocenters. The minimum atomic E-state index is -0.462.